The van der Waals surface area contributed by atoms with Gasteiger partial charge < -0.3 is 15.4 Å². The molecule has 1 atom stereocenters. The number of hydrogen-bond acceptors (Lipinski definition) is 4. The van der Waals surface area contributed by atoms with Crippen LogP contribution in [0.2, 0.25) is 0 Å². The van der Waals surface area contributed by atoms with Crippen molar-refractivity contribution in [3.8, 4) is 0 Å². The molecule has 0 aromatic heterocycles. The molecule has 6 nitrogen and oxygen atoms in total. The van der Waals surface area contributed by atoms with Gasteiger partial charge in [-0.1, -0.05) is 13.8 Å². The SMILES string of the molecule is CC(=N)NC(=O)C[C@H](CC(C)C)NC(=O)OC(C)(C)C. The van der Waals surface area contributed by atoms with Crippen LogP contribution in [-0.2, 0) is 9.53 Å². The van der Waals surface area contributed by atoms with Gasteiger partial charge in [0.25, 0.3) is 0 Å². The van der Waals surface area contributed by atoms with E-state index in [9.17, 15) is 9.59 Å². The van der Waals surface area contributed by atoms with Crippen LogP contribution in [0.15, 0.2) is 0 Å². The molecule has 0 aromatic carbocycles. The van der Waals surface area contributed by atoms with Gasteiger partial charge in [-0.3, -0.25) is 10.2 Å². The van der Waals surface area contributed by atoms with E-state index < -0.39 is 11.7 Å². The van der Waals surface area contributed by atoms with E-state index in [2.05, 4.69) is 10.6 Å². The Labute approximate surface area is 121 Å². The molecule has 3 N–H and O–H groups in total. The number of amidine groups is 1. The van der Waals surface area contributed by atoms with Gasteiger partial charge in [0.05, 0.1) is 5.84 Å². The summed E-state index contributed by atoms with van der Waals surface area (Å²) >= 11 is 0. The first-order valence-electron chi connectivity index (χ1n) is 6.84. The first-order chi connectivity index (χ1) is 8.99. The van der Waals surface area contributed by atoms with Crippen LogP contribution in [0.3, 0.4) is 0 Å². The molecule has 0 saturated carbocycles. The molecule has 0 fully saturated rings. The Morgan fingerprint density at radius 3 is 2.20 bits per heavy atom. The Hall–Kier alpha value is -1.59. The smallest absolute Gasteiger partial charge is 0.407 e. The number of alkyl carbamates (subject to hydrolysis) is 1. The Morgan fingerprint density at radius 1 is 1.25 bits per heavy atom. The van der Waals surface area contributed by atoms with E-state index in [4.69, 9.17) is 10.1 Å². The predicted molar refractivity (Wildman–Crippen MR) is 78.8 cm³/mol. The van der Waals surface area contributed by atoms with Gasteiger partial charge in [-0.05, 0) is 40.0 Å². The number of hydrogen-bond donors (Lipinski definition) is 3. The summed E-state index contributed by atoms with van der Waals surface area (Å²) in [6, 6.07) is -0.302. The van der Waals surface area contributed by atoms with Gasteiger partial charge >= 0.3 is 6.09 Å². The zero-order valence-electron chi connectivity index (χ0n) is 13.3. The summed E-state index contributed by atoms with van der Waals surface area (Å²) in [5.74, 6) is 0.151. The van der Waals surface area contributed by atoms with Crippen LogP contribution in [0.4, 0.5) is 4.79 Å². The number of carbonyl (C=O) groups excluding carboxylic acids is 2. The molecular formula is C14H27N3O3. The highest BCUT2D eigenvalue weighted by Crippen LogP contribution is 2.11. The normalized spacial score (nSPS) is 12.8. The van der Waals surface area contributed by atoms with Crippen molar-refractivity contribution in [2.45, 2.75) is 66.0 Å². The fourth-order valence-electron chi connectivity index (χ4n) is 1.72. The van der Waals surface area contributed by atoms with E-state index in [1.54, 1.807) is 20.8 Å². The minimum absolute atomic E-state index is 0.0931. The van der Waals surface area contributed by atoms with Crippen molar-refractivity contribution in [2.75, 3.05) is 0 Å². The summed E-state index contributed by atoms with van der Waals surface area (Å²) in [5, 5.41) is 12.4. The van der Waals surface area contributed by atoms with Gasteiger partial charge in [0.15, 0.2) is 0 Å². The zero-order valence-corrected chi connectivity index (χ0v) is 13.3. The van der Waals surface area contributed by atoms with Crippen molar-refractivity contribution in [3.05, 3.63) is 0 Å². The topological polar surface area (TPSA) is 91.3 Å². The van der Waals surface area contributed by atoms with Gasteiger partial charge in [-0.2, -0.15) is 0 Å². The quantitative estimate of drug-likeness (QED) is 0.535. The molecule has 0 aliphatic heterocycles. The van der Waals surface area contributed by atoms with Crippen molar-refractivity contribution in [1.82, 2.24) is 10.6 Å². The second-order valence-electron chi connectivity index (χ2n) is 6.35. The summed E-state index contributed by atoms with van der Waals surface area (Å²) < 4.78 is 5.19. The van der Waals surface area contributed by atoms with Gasteiger partial charge in [-0.15, -0.1) is 0 Å². The maximum atomic E-state index is 11.7. The van der Waals surface area contributed by atoms with Crippen LogP contribution in [-0.4, -0.2) is 29.5 Å². The van der Waals surface area contributed by atoms with Crippen molar-refractivity contribution < 1.29 is 14.3 Å². The predicted octanol–water partition coefficient (Wildman–Crippen LogP) is 2.43. The van der Waals surface area contributed by atoms with Crippen LogP contribution < -0.4 is 10.6 Å². The molecule has 0 aliphatic carbocycles. The standard InChI is InChI=1S/C14H27N3O3/c1-9(2)7-11(8-12(18)16-10(3)15)17-13(19)20-14(4,5)6/h9,11H,7-8H2,1-6H3,(H,17,19)(H2,15,16,18)/t11-/m0/s1. The number of amides is 2. The molecule has 116 valence electrons. The molecule has 0 unspecified atom stereocenters. The summed E-state index contributed by atoms with van der Waals surface area (Å²) in [5.41, 5.74) is -0.569. The Morgan fingerprint density at radius 2 is 1.80 bits per heavy atom. The van der Waals surface area contributed by atoms with E-state index in [0.29, 0.717) is 12.3 Å². The third-order valence-electron chi connectivity index (χ3n) is 2.24. The van der Waals surface area contributed by atoms with Crippen LogP contribution in [0.5, 0.6) is 0 Å². The third-order valence-corrected chi connectivity index (χ3v) is 2.24. The van der Waals surface area contributed by atoms with E-state index in [-0.39, 0.29) is 24.2 Å². The Balaban J connectivity index is 4.52. The fourth-order valence-corrected chi connectivity index (χ4v) is 1.72. The molecular weight excluding hydrogens is 258 g/mol. The second-order valence-corrected chi connectivity index (χ2v) is 6.35. The minimum Gasteiger partial charge on any atom is -0.444 e. The number of nitrogens with one attached hydrogen (secondary N) is 3. The first kappa shape index (κ1) is 18.4. The highest BCUT2D eigenvalue weighted by Gasteiger charge is 2.22. The second kappa shape index (κ2) is 7.87. The number of ether oxygens (including phenoxy) is 1. The Bertz CT molecular complexity index is 359. The average molecular weight is 285 g/mol. The highest BCUT2D eigenvalue weighted by atomic mass is 16.6. The molecule has 0 aromatic rings. The lowest BCUT2D eigenvalue weighted by atomic mass is 10.0. The lowest BCUT2D eigenvalue weighted by Gasteiger charge is -2.24. The first-order valence-corrected chi connectivity index (χ1v) is 6.84. The molecule has 0 spiro atoms. The largest absolute Gasteiger partial charge is 0.444 e. The molecule has 0 rings (SSSR count). The van der Waals surface area contributed by atoms with Crippen LogP contribution >= 0.6 is 0 Å². The summed E-state index contributed by atoms with van der Waals surface area (Å²) in [4.78, 5) is 23.4. The van der Waals surface area contributed by atoms with Gasteiger partial charge in [0.1, 0.15) is 5.60 Å². The van der Waals surface area contributed by atoms with Crippen molar-refractivity contribution in [2.24, 2.45) is 5.92 Å². The fraction of sp³-hybridized carbons (Fsp3) is 0.786. The van der Waals surface area contributed by atoms with Crippen molar-refractivity contribution in [1.29, 1.82) is 5.41 Å². The maximum Gasteiger partial charge on any atom is 0.407 e. The maximum absolute atomic E-state index is 11.7. The van der Waals surface area contributed by atoms with Gasteiger partial charge in [-0.25, -0.2) is 4.79 Å². The highest BCUT2D eigenvalue weighted by molar-refractivity contribution is 5.95. The summed E-state index contributed by atoms with van der Waals surface area (Å²) in [6.07, 6.45) is 0.277. The van der Waals surface area contributed by atoms with E-state index in [1.165, 1.54) is 6.92 Å². The van der Waals surface area contributed by atoms with E-state index in [0.717, 1.165) is 0 Å². The monoisotopic (exact) mass is 285 g/mol. The molecule has 0 saturated heterocycles. The molecule has 0 bridgehead atoms. The molecule has 0 aliphatic rings. The number of carbonyl (C=O) groups is 2. The zero-order chi connectivity index (χ0) is 15.9. The van der Waals surface area contributed by atoms with Gasteiger partial charge in [0, 0.05) is 12.5 Å². The average Bonchev–Trinajstić information content (AvgIpc) is 2.09. The van der Waals surface area contributed by atoms with E-state index in [1.807, 2.05) is 13.8 Å². The number of rotatable bonds is 5. The molecule has 20 heavy (non-hydrogen) atoms. The molecule has 6 heteroatoms. The van der Waals surface area contributed by atoms with Crippen LogP contribution in [0, 0.1) is 11.3 Å². The molecule has 2 amide bonds. The van der Waals surface area contributed by atoms with Crippen LogP contribution in [0.1, 0.15) is 54.4 Å². The minimum atomic E-state index is -0.569. The van der Waals surface area contributed by atoms with Crippen LogP contribution in [0.25, 0.3) is 0 Å². The van der Waals surface area contributed by atoms with Crippen molar-refractivity contribution >= 4 is 17.8 Å². The van der Waals surface area contributed by atoms with E-state index >= 15 is 0 Å². The Kier molecular flexibility index (Phi) is 7.24. The van der Waals surface area contributed by atoms with Gasteiger partial charge in [0.2, 0.25) is 5.91 Å². The lowest BCUT2D eigenvalue weighted by molar-refractivity contribution is -0.120. The summed E-state index contributed by atoms with van der Waals surface area (Å²) in [6.45, 7) is 10.9. The van der Waals surface area contributed by atoms with Crippen molar-refractivity contribution in [3.63, 3.8) is 0 Å². The molecule has 0 heterocycles. The summed E-state index contributed by atoms with van der Waals surface area (Å²) in [7, 11) is 0. The third kappa shape index (κ3) is 10.3. The molecule has 0 radical (unpaired) electrons. The lowest BCUT2D eigenvalue weighted by Crippen LogP contribution is -2.43.